The lowest BCUT2D eigenvalue weighted by Gasteiger charge is -2.24. The second-order valence-corrected chi connectivity index (χ2v) is 12.8. The summed E-state index contributed by atoms with van der Waals surface area (Å²) in [5.41, 5.74) is 3.01. The molecule has 0 atom stereocenters. The molecule has 4 aromatic carbocycles. The van der Waals surface area contributed by atoms with Crippen molar-refractivity contribution in [3.63, 3.8) is 0 Å². The molecule has 2 N–H and O–H groups in total. The molecule has 0 bridgehead atoms. The van der Waals surface area contributed by atoms with Crippen molar-refractivity contribution in [3.05, 3.63) is 114 Å². The smallest absolute Gasteiger partial charge is 0.264 e. The van der Waals surface area contributed by atoms with E-state index in [0.717, 1.165) is 22.8 Å². The number of amides is 1. The molecule has 4 aromatic rings. The molecule has 0 unspecified atom stereocenters. The number of rotatable bonds is 9. The summed E-state index contributed by atoms with van der Waals surface area (Å²) in [5.74, 6) is -1.56. The predicted octanol–water partition coefficient (Wildman–Crippen LogP) is 5.39. The number of para-hydroxylation sites is 1. The number of hydrogen-bond donors (Lipinski definition) is 2. The van der Waals surface area contributed by atoms with Crippen LogP contribution in [0, 0.1) is 26.6 Å². The van der Waals surface area contributed by atoms with Gasteiger partial charge in [0.05, 0.1) is 21.2 Å². The Morgan fingerprint density at radius 3 is 2.00 bits per heavy atom. The van der Waals surface area contributed by atoms with Crippen LogP contribution in [0.1, 0.15) is 16.7 Å². The van der Waals surface area contributed by atoms with Crippen LogP contribution in [-0.2, 0) is 24.8 Å². The lowest BCUT2D eigenvalue weighted by atomic mass is 10.1. The summed E-state index contributed by atoms with van der Waals surface area (Å²) >= 11 is 0. The summed E-state index contributed by atoms with van der Waals surface area (Å²) in [6.07, 6.45) is 0. The quantitative estimate of drug-likeness (QED) is 0.275. The van der Waals surface area contributed by atoms with Gasteiger partial charge in [-0.1, -0.05) is 47.5 Å². The van der Waals surface area contributed by atoms with E-state index in [4.69, 9.17) is 0 Å². The van der Waals surface area contributed by atoms with Crippen LogP contribution in [0.15, 0.2) is 101 Å². The molecular weight excluding hydrogens is 553 g/mol. The van der Waals surface area contributed by atoms with E-state index in [1.807, 2.05) is 13.0 Å². The fraction of sp³-hybridized carbons (Fsp3) is 0.138. The van der Waals surface area contributed by atoms with Gasteiger partial charge in [0.2, 0.25) is 5.91 Å². The summed E-state index contributed by atoms with van der Waals surface area (Å²) in [4.78, 5) is 12.8. The Morgan fingerprint density at radius 1 is 0.775 bits per heavy atom. The molecule has 0 aromatic heterocycles. The number of nitrogens with zero attached hydrogens (tertiary/aromatic N) is 1. The van der Waals surface area contributed by atoms with Crippen molar-refractivity contribution in [1.82, 2.24) is 0 Å². The first-order chi connectivity index (χ1) is 18.9. The molecule has 0 heterocycles. The van der Waals surface area contributed by atoms with Crippen molar-refractivity contribution in [2.24, 2.45) is 0 Å². The zero-order valence-electron chi connectivity index (χ0n) is 22.1. The predicted molar refractivity (Wildman–Crippen MR) is 154 cm³/mol. The third-order valence-electron chi connectivity index (χ3n) is 6.09. The molecule has 0 aliphatic heterocycles. The molecule has 0 saturated carbocycles. The molecule has 0 aliphatic rings. The third-order valence-corrected chi connectivity index (χ3v) is 9.25. The van der Waals surface area contributed by atoms with Crippen LogP contribution in [0.4, 0.5) is 21.5 Å². The number of aryl methyl sites for hydroxylation is 3. The minimum atomic E-state index is -4.30. The van der Waals surface area contributed by atoms with Crippen LogP contribution in [-0.4, -0.2) is 29.3 Å². The Morgan fingerprint density at radius 2 is 1.38 bits per heavy atom. The average molecular weight is 582 g/mol. The molecule has 0 fully saturated rings. The van der Waals surface area contributed by atoms with Crippen molar-refractivity contribution < 1.29 is 26.0 Å². The van der Waals surface area contributed by atoms with Crippen molar-refractivity contribution in [3.8, 4) is 0 Å². The summed E-state index contributed by atoms with van der Waals surface area (Å²) in [6.45, 7) is 4.79. The topological polar surface area (TPSA) is 113 Å². The Balaban J connectivity index is 1.54. The number of hydrogen-bond acceptors (Lipinski definition) is 5. The highest BCUT2D eigenvalue weighted by Gasteiger charge is 2.29. The number of sulfonamides is 2. The number of anilines is 3. The van der Waals surface area contributed by atoms with Crippen molar-refractivity contribution in [2.75, 3.05) is 20.9 Å². The van der Waals surface area contributed by atoms with Gasteiger partial charge in [-0.15, -0.1) is 0 Å². The van der Waals surface area contributed by atoms with Crippen LogP contribution >= 0.6 is 0 Å². The summed E-state index contributed by atoms with van der Waals surface area (Å²) in [6, 6.07) is 22.0. The molecular formula is C29H28FN3O5S2. The van der Waals surface area contributed by atoms with Gasteiger partial charge in [0.25, 0.3) is 20.0 Å². The number of benzene rings is 4. The normalized spacial score (nSPS) is 11.6. The van der Waals surface area contributed by atoms with Crippen molar-refractivity contribution in [1.29, 1.82) is 0 Å². The number of carbonyl (C=O) groups excluding carboxylic acids is 1. The molecule has 1 amide bonds. The van der Waals surface area contributed by atoms with E-state index in [1.54, 1.807) is 38.1 Å². The average Bonchev–Trinajstić information content (AvgIpc) is 2.90. The molecule has 4 rings (SSSR count). The van der Waals surface area contributed by atoms with Gasteiger partial charge in [-0.05, 0) is 80.9 Å². The maximum Gasteiger partial charge on any atom is 0.264 e. The third kappa shape index (κ3) is 6.49. The van der Waals surface area contributed by atoms with Crippen molar-refractivity contribution >= 4 is 43.0 Å². The summed E-state index contributed by atoms with van der Waals surface area (Å²) in [7, 11) is -8.20. The first-order valence-electron chi connectivity index (χ1n) is 12.2. The lowest BCUT2D eigenvalue weighted by molar-refractivity contribution is -0.114. The molecule has 11 heteroatoms. The minimum absolute atomic E-state index is 0.0274. The highest BCUT2D eigenvalue weighted by molar-refractivity contribution is 7.93. The Hall–Kier alpha value is -4.22. The van der Waals surface area contributed by atoms with Gasteiger partial charge in [-0.3, -0.25) is 13.8 Å². The monoisotopic (exact) mass is 581 g/mol. The number of halogens is 1. The molecule has 0 radical (unpaired) electrons. The summed E-state index contributed by atoms with van der Waals surface area (Å²) in [5, 5.41) is 2.56. The lowest BCUT2D eigenvalue weighted by Crippen LogP contribution is -2.38. The van der Waals surface area contributed by atoms with Crippen LogP contribution in [0.2, 0.25) is 0 Å². The second kappa shape index (κ2) is 11.5. The Kier molecular flexibility index (Phi) is 8.26. The van der Waals surface area contributed by atoms with Crippen LogP contribution in [0.25, 0.3) is 0 Å². The summed E-state index contributed by atoms with van der Waals surface area (Å²) < 4.78 is 70.5. The molecule has 0 spiro atoms. The van der Waals surface area contributed by atoms with Gasteiger partial charge >= 0.3 is 0 Å². The minimum Gasteiger partial charge on any atom is -0.325 e. The maximum atomic E-state index is 14.7. The molecule has 0 aliphatic carbocycles. The van der Waals surface area contributed by atoms with E-state index in [9.17, 15) is 26.0 Å². The zero-order chi connectivity index (χ0) is 29.1. The van der Waals surface area contributed by atoms with E-state index in [0.29, 0.717) is 9.99 Å². The highest BCUT2D eigenvalue weighted by atomic mass is 32.2. The van der Waals surface area contributed by atoms with Crippen LogP contribution in [0.5, 0.6) is 0 Å². The fourth-order valence-electron chi connectivity index (χ4n) is 3.97. The van der Waals surface area contributed by atoms with E-state index in [1.165, 1.54) is 54.6 Å². The van der Waals surface area contributed by atoms with E-state index in [2.05, 4.69) is 10.0 Å². The van der Waals surface area contributed by atoms with E-state index in [-0.39, 0.29) is 21.2 Å². The zero-order valence-corrected chi connectivity index (χ0v) is 23.7. The second-order valence-electron chi connectivity index (χ2n) is 9.27. The van der Waals surface area contributed by atoms with Gasteiger partial charge in [0, 0.05) is 5.69 Å². The molecule has 208 valence electrons. The van der Waals surface area contributed by atoms with Crippen LogP contribution < -0.4 is 14.3 Å². The standard InChI is InChI=1S/C29H28FN3O5S2/c1-20-8-13-25(14-9-20)40(37,38)33(28-7-5-4-6-26(28)30)19-29(34)31-23-11-15-24(16-12-23)39(35,36)32-27-17-10-21(2)18-22(27)3/h4-18,32H,19H2,1-3H3,(H,31,34). The van der Waals surface area contributed by atoms with E-state index < -0.39 is 38.3 Å². The number of carbonyl (C=O) groups is 1. The highest BCUT2D eigenvalue weighted by Crippen LogP contribution is 2.27. The Bertz CT molecular complexity index is 1760. The number of nitrogens with one attached hydrogen (secondary N) is 2. The largest absolute Gasteiger partial charge is 0.325 e. The first-order valence-corrected chi connectivity index (χ1v) is 15.1. The molecule has 8 nitrogen and oxygen atoms in total. The maximum absolute atomic E-state index is 14.7. The van der Waals surface area contributed by atoms with Crippen molar-refractivity contribution in [2.45, 2.75) is 30.6 Å². The SMILES string of the molecule is Cc1ccc(S(=O)(=O)N(CC(=O)Nc2ccc(S(=O)(=O)Nc3ccc(C)cc3C)cc2)c2ccccc2F)cc1. The van der Waals surface area contributed by atoms with Gasteiger partial charge in [-0.2, -0.15) is 0 Å². The van der Waals surface area contributed by atoms with Gasteiger partial charge in [0.1, 0.15) is 12.4 Å². The fourth-order valence-corrected chi connectivity index (χ4v) is 6.53. The Labute approximate surface area is 233 Å². The van der Waals surface area contributed by atoms with E-state index >= 15 is 0 Å². The van der Waals surface area contributed by atoms with Gasteiger partial charge in [0.15, 0.2) is 0 Å². The first kappa shape index (κ1) is 28.8. The molecule has 0 saturated heterocycles. The molecule has 40 heavy (non-hydrogen) atoms. The van der Waals surface area contributed by atoms with Gasteiger partial charge < -0.3 is 5.32 Å². The van der Waals surface area contributed by atoms with Gasteiger partial charge in [-0.25, -0.2) is 21.2 Å². The van der Waals surface area contributed by atoms with Crippen LogP contribution in [0.3, 0.4) is 0 Å².